The fourth-order valence-corrected chi connectivity index (χ4v) is 3.69. The molecule has 0 saturated heterocycles. The van der Waals surface area contributed by atoms with Gasteiger partial charge in [0, 0.05) is 21.9 Å². The second kappa shape index (κ2) is 5.93. The lowest BCUT2D eigenvalue weighted by Gasteiger charge is -2.37. The number of urea groups is 1. The third-order valence-corrected chi connectivity index (χ3v) is 4.94. The van der Waals surface area contributed by atoms with Crippen LogP contribution in [0.25, 0.3) is 21.9 Å². The summed E-state index contributed by atoms with van der Waals surface area (Å²) in [6.45, 7) is 1.87. The van der Waals surface area contributed by atoms with Crippen LogP contribution in [0.5, 0.6) is 0 Å². The quantitative estimate of drug-likeness (QED) is 0.415. The Labute approximate surface area is 149 Å². The van der Waals surface area contributed by atoms with Gasteiger partial charge in [0.2, 0.25) is 0 Å². The van der Waals surface area contributed by atoms with E-state index in [0.29, 0.717) is 33.8 Å². The van der Waals surface area contributed by atoms with E-state index in [1.807, 2.05) is 55.5 Å². The number of benzene rings is 2. The minimum Gasteiger partial charge on any atom is -0.464 e. The van der Waals surface area contributed by atoms with Gasteiger partial charge in [-0.3, -0.25) is 5.21 Å². The van der Waals surface area contributed by atoms with Gasteiger partial charge >= 0.3 is 6.03 Å². The van der Waals surface area contributed by atoms with Crippen LogP contribution in [0.3, 0.4) is 0 Å². The van der Waals surface area contributed by atoms with Gasteiger partial charge < -0.3 is 14.6 Å². The lowest BCUT2D eigenvalue weighted by molar-refractivity contribution is -0.113. The molecule has 0 unspecified atom stereocenters. The second-order valence-corrected chi connectivity index (χ2v) is 6.15. The first-order chi connectivity index (χ1) is 12.6. The highest BCUT2D eigenvalue weighted by Crippen LogP contribution is 2.45. The van der Waals surface area contributed by atoms with Gasteiger partial charge in [-0.1, -0.05) is 43.3 Å². The fourth-order valence-electron chi connectivity index (χ4n) is 3.69. The zero-order chi connectivity index (χ0) is 18.3. The molecule has 26 heavy (non-hydrogen) atoms. The van der Waals surface area contributed by atoms with Gasteiger partial charge in [0.05, 0.1) is 12.5 Å². The molecule has 2 amide bonds. The van der Waals surface area contributed by atoms with E-state index in [1.165, 1.54) is 0 Å². The van der Waals surface area contributed by atoms with Crippen LogP contribution < -0.4 is 5.73 Å². The van der Waals surface area contributed by atoms with Crippen LogP contribution in [0, 0.1) is 0 Å². The van der Waals surface area contributed by atoms with Crippen LogP contribution in [0.2, 0.25) is 0 Å². The molecule has 0 atom stereocenters. The van der Waals surface area contributed by atoms with Gasteiger partial charge in [-0.2, -0.15) is 5.06 Å². The van der Waals surface area contributed by atoms with Crippen molar-refractivity contribution >= 4 is 28.0 Å². The van der Waals surface area contributed by atoms with Gasteiger partial charge in [-0.25, -0.2) is 4.79 Å². The van der Waals surface area contributed by atoms with E-state index in [9.17, 15) is 10.0 Å². The Hall–Kier alpha value is -3.25. The largest absolute Gasteiger partial charge is 0.464 e. The summed E-state index contributed by atoms with van der Waals surface area (Å²) >= 11 is 0. The number of rotatable bonds is 4. The normalized spacial score (nSPS) is 11.9. The molecule has 6 heteroatoms. The van der Waals surface area contributed by atoms with E-state index >= 15 is 0 Å². The molecule has 2 heterocycles. The number of para-hydroxylation sites is 2. The average molecular weight is 350 g/mol. The van der Waals surface area contributed by atoms with Crippen molar-refractivity contribution in [2.24, 2.45) is 5.73 Å². The molecule has 2 aromatic heterocycles. The molecule has 2 aromatic carbocycles. The molecule has 0 saturated carbocycles. The van der Waals surface area contributed by atoms with Crippen LogP contribution >= 0.6 is 0 Å². The Bertz CT molecular complexity index is 1020. The molecule has 3 N–H and O–H groups in total. The van der Waals surface area contributed by atoms with E-state index in [0.717, 1.165) is 10.8 Å². The number of hydrogen-bond donors (Lipinski definition) is 2. The molecule has 4 aromatic rings. The highest BCUT2D eigenvalue weighted by molar-refractivity contribution is 5.88. The third-order valence-electron chi connectivity index (χ3n) is 4.94. The van der Waals surface area contributed by atoms with Crippen molar-refractivity contribution in [1.82, 2.24) is 5.06 Å². The first-order valence-corrected chi connectivity index (χ1v) is 8.31. The maximum absolute atomic E-state index is 12.0. The monoisotopic (exact) mass is 350 g/mol. The smallest absolute Gasteiger partial charge is 0.339 e. The molecule has 0 radical (unpaired) electrons. The Balaban J connectivity index is 2.09. The number of amides is 2. The zero-order valence-corrected chi connectivity index (χ0v) is 14.2. The van der Waals surface area contributed by atoms with Crippen LogP contribution in [-0.2, 0) is 5.54 Å². The van der Waals surface area contributed by atoms with E-state index in [4.69, 9.17) is 14.6 Å². The van der Waals surface area contributed by atoms with E-state index in [2.05, 4.69) is 0 Å². The maximum atomic E-state index is 12.0. The van der Waals surface area contributed by atoms with Gasteiger partial charge in [-0.15, -0.1) is 0 Å². The highest BCUT2D eigenvalue weighted by atomic mass is 16.5. The highest BCUT2D eigenvalue weighted by Gasteiger charge is 2.45. The van der Waals surface area contributed by atoms with Crippen LogP contribution in [-0.4, -0.2) is 16.3 Å². The van der Waals surface area contributed by atoms with Crippen molar-refractivity contribution in [3.63, 3.8) is 0 Å². The Morgan fingerprint density at radius 1 is 1.00 bits per heavy atom. The van der Waals surface area contributed by atoms with Crippen molar-refractivity contribution in [2.75, 3.05) is 0 Å². The second-order valence-electron chi connectivity index (χ2n) is 6.15. The van der Waals surface area contributed by atoms with Gasteiger partial charge in [0.15, 0.2) is 0 Å². The Morgan fingerprint density at radius 3 is 1.88 bits per heavy atom. The van der Waals surface area contributed by atoms with Gasteiger partial charge in [0.1, 0.15) is 16.7 Å². The molecular weight excluding hydrogens is 332 g/mol. The molecule has 0 bridgehead atoms. The summed E-state index contributed by atoms with van der Waals surface area (Å²) in [5.74, 6) is 0. The lowest BCUT2D eigenvalue weighted by atomic mass is 9.80. The summed E-state index contributed by atoms with van der Waals surface area (Å²) in [6, 6.07) is 14.0. The van der Waals surface area contributed by atoms with Crippen molar-refractivity contribution in [2.45, 2.75) is 18.9 Å². The molecule has 0 aliphatic carbocycles. The van der Waals surface area contributed by atoms with Crippen LogP contribution in [0.15, 0.2) is 69.9 Å². The van der Waals surface area contributed by atoms with Crippen molar-refractivity contribution < 1.29 is 18.8 Å². The fraction of sp³-hybridized carbons (Fsp3) is 0.150. The predicted molar refractivity (Wildman–Crippen MR) is 96.7 cm³/mol. The van der Waals surface area contributed by atoms with Gasteiger partial charge in [-0.05, 0) is 18.6 Å². The first kappa shape index (κ1) is 16.2. The topological polar surface area (TPSA) is 92.8 Å². The summed E-state index contributed by atoms with van der Waals surface area (Å²) in [5.41, 5.74) is 6.83. The third kappa shape index (κ3) is 2.12. The maximum Gasteiger partial charge on any atom is 0.339 e. The molecular formula is C20H18N2O4. The molecule has 6 nitrogen and oxygen atoms in total. The zero-order valence-electron chi connectivity index (χ0n) is 14.2. The molecule has 0 aliphatic rings. The van der Waals surface area contributed by atoms with E-state index < -0.39 is 11.6 Å². The number of fused-ring (bicyclic) bond motifs is 2. The summed E-state index contributed by atoms with van der Waals surface area (Å²) < 4.78 is 11.4. The van der Waals surface area contributed by atoms with E-state index in [1.54, 1.807) is 12.5 Å². The molecule has 132 valence electrons. The van der Waals surface area contributed by atoms with Crippen LogP contribution in [0.4, 0.5) is 4.79 Å². The number of carbonyl (C=O) groups is 1. The molecule has 0 fully saturated rings. The van der Waals surface area contributed by atoms with Crippen molar-refractivity contribution in [3.8, 4) is 0 Å². The summed E-state index contributed by atoms with van der Waals surface area (Å²) in [4.78, 5) is 12.0. The molecule has 0 spiro atoms. The number of furan rings is 2. The number of primary amides is 1. The summed E-state index contributed by atoms with van der Waals surface area (Å²) in [7, 11) is 0. The molecule has 0 aliphatic heterocycles. The SMILES string of the molecule is CCC(c1coc2ccccc12)(c1coc2ccccc12)N(O)C(N)=O. The Kier molecular flexibility index (Phi) is 3.70. The molecule has 4 rings (SSSR count). The summed E-state index contributed by atoms with van der Waals surface area (Å²) in [5, 5.41) is 12.9. The number of nitrogens with zero attached hydrogens (tertiary/aromatic N) is 1. The van der Waals surface area contributed by atoms with Crippen LogP contribution in [0.1, 0.15) is 24.5 Å². The Morgan fingerprint density at radius 2 is 1.46 bits per heavy atom. The average Bonchev–Trinajstić information content (AvgIpc) is 3.28. The van der Waals surface area contributed by atoms with Crippen molar-refractivity contribution in [3.05, 3.63) is 72.2 Å². The van der Waals surface area contributed by atoms with Crippen molar-refractivity contribution in [1.29, 1.82) is 0 Å². The lowest BCUT2D eigenvalue weighted by Crippen LogP contribution is -2.50. The predicted octanol–water partition coefficient (Wildman–Crippen LogP) is 4.60. The van der Waals surface area contributed by atoms with Gasteiger partial charge in [0.25, 0.3) is 0 Å². The number of carbonyl (C=O) groups excluding carboxylic acids is 1. The minimum absolute atomic E-state index is 0.361. The number of nitrogens with two attached hydrogens (primary N) is 1. The summed E-state index contributed by atoms with van der Waals surface area (Å²) in [6.07, 6.45) is 3.48. The standard InChI is InChI=1S/C20H18N2O4/c1-2-20(22(24)19(21)23,15-11-25-17-9-5-3-7-13(15)17)16-12-26-18-10-6-4-8-14(16)18/h3-12,24H,2H2,1H3,(H2,21,23). The van der Waals surface area contributed by atoms with E-state index in [-0.39, 0.29) is 0 Å². The number of hydrogen-bond acceptors (Lipinski definition) is 4. The minimum atomic E-state index is -1.25. The first-order valence-electron chi connectivity index (χ1n) is 8.31. The number of hydroxylamine groups is 2.